The van der Waals surface area contributed by atoms with Crippen molar-refractivity contribution in [2.75, 3.05) is 32.8 Å². The minimum absolute atomic E-state index is 0.215. The molecule has 3 N–H and O–H groups in total. The molecule has 3 heteroatoms. The van der Waals surface area contributed by atoms with Crippen molar-refractivity contribution in [1.82, 2.24) is 4.90 Å². The number of rotatable bonds is 9. The first-order valence-corrected chi connectivity index (χ1v) is 6.09. The normalized spacial score (nSPS) is 12.4. The molecule has 0 heterocycles. The van der Waals surface area contributed by atoms with Crippen LogP contribution in [0.4, 0.5) is 0 Å². The maximum absolute atomic E-state index is 8.68. The average molecular weight is 216 g/mol. The van der Waals surface area contributed by atoms with Crippen molar-refractivity contribution in [1.29, 1.82) is 0 Å². The van der Waals surface area contributed by atoms with Gasteiger partial charge in [0.05, 0.1) is 0 Å². The maximum atomic E-state index is 8.68. The molecular formula is C12H28N2O. The van der Waals surface area contributed by atoms with E-state index in [2.05, 4.69) is 25.7 Å². The minimum atomic E-state index is 0.215. The second-order valence-electron chi connectivity index (χ2n) is 5.02. The van der Waals surface area contributed by atoms with Gasteiger partial charge in [0.1, 0.15) is 0 Å². The molecule has 0 fully saturated rings. The van der Waals surface area contributed by atoms with E-state index in [9.17, 15) is 0 Å². The van der Waals surface area contributed by atoms with Crippen LogP contribution in [-0.2, 0) is 0 Å². The molecule has 0 aliphatic rings. The molecule has 0 amide bonds. The molecule has 0 spiro atoms. The molecule has 92 valence electrons. The van der Waals surface area contributed by atoms with Gasteiger partial charge in [-0.05, 0) is 44.3 Å². The molecule has 0 atom stereocenters. The third kappa shape index (κ3) is 7.77. The van der Waals surface area contributed by atoms with Gasteiger partial charge in [-0.25, -0.2) is 0 Å². The fraction of sp³-hybridized carbons (Fsp3) is 1.00. The SMILES string of the molecule is CCN(CCCCCO)CC(C)(C)CN. The third-order valence-corrected chi connectivity index (χ3v) is 2.78. The van der Waals surface area contributed by atoms with Gasteiger partial charge in [-0.1, -0.05) is 20.8 Å². The quantitative estimate of drug-likeness (QED) is 0.574. The van der Waals surface area contributed by atoms with Crippen LogP contribution in [-0.4, -0.2) is 42.8 Å². The summed E-state index contributed by atoms with van der Waals surface area (Å²) >= 11 is 0. The van der Waals surface area contributed by atoms with Gasteiger partial charge in [0.25, 0.3) is 0 Å². The first-order valence-electron chi connectivity index (χ1n) is 6.09. The Hall–Kier alpha value is -0.120. The molecule has 0 unspecified atom stereocenters. The van der Waals surface area contributed by atoms with Gasteiger partial charge in [0.2, 0.25) is 0 Å². The highest BCUT2D eigenvalue weighted by Crippen LogP contribution is 2.15. The minimum Gasteiger partial charge on any atom is -0.396 e. The average Bonchev–Trinajstić information content (AvgIpc) is 2.22. The highest BCUT2D eigenvalue weighted by molar-refractivity contribution is 4.74. The lowest BCUT2D eigenvalue weighted by atomic mass is 9.93. The van der Waals surface area contributed by atoms with Gasteiger partial charge < -0.3 is 15.7 Å². The van der Waals surface area contributed by atoms with Crippen LogP contribution in [0.1, 0.15) is 40.0 Å². The van der Waals surface area contributed by atoms with E-state index < -0.39 is 0 Å². The number of nitrogens with zero attached hydrogens (tertiary/aromatic N) is 1. The van der Waals surface area contributed by atoms with E-state index in [0.29, 0.717) is 6.61 Å². The maximum Gasteiger partial charge on any atom is 0.0431 e. The highest BCUT2D eigenvalue weighted by Gasteiger charge is 2.18. The number of unbranched alkanes of at least 4 members (excludes halogenated alkanes) is 2. The Morgan fingerprint density at radius 1 is 1.20 bits per heavy atom. The van der Waals surface area contributed by atoms with E-state index in [1.54, 1.807) is 0 Å². The van der Waals surface area contributed by atoms with E-state index >= 15 is 0 Å². The largest absolute Gasteiger partial charge is 0.396 e. The van der Waals surface area contributed by atoms with E-state index in [0.717, 1.165) is 39.0 Å². The Morgan fingerprint density at radius 3 is 2.33 bits per heavy atom. The zero-order chi connectivity index (χ0) is 11.7. The molecular weight excluding hydrogens is 188 g/mol. The van der Waals surface area contributed by atoms with Crippen LogP contribution in [0.25, 0.3) is 0 Å². The Kier molecular flexibility index (Phi) is 8.02. The topological polar surface area (TPSA) is 49.5 Å². The standard InChI is InChI=1S/C12H28N2O/c1-4-14(8-6-5-7-9-15)11-12(2,3)10-13/h15H,4-11,13H2,1-3H3. The molecule has 0 aliphatic carbocycles. The Labute approximate surface area is 94.6 Å². The van der Waals surface area contributed by atoms with E-state index in [1.165, 1.54) is 6.42 Å². The van der Waals surface area contributed by atoms with Crippen LogP contribution < -0.4 is 5.73 Å². The van der Waals surface area contributed by atoms with E-state index in [4.69, 9.17) is 10.8 Å². The number of aliphatic hydroxyl groups is 1. The fourth-order valence-electron chi connectivity index (χ4n) is 1.64. The zero-order valence-electron chi connectivity index (χ0n) is 10.6. The molecule has 0 saturated carbocycles. The third-order valence-electron chi connectivity index (χ3n) is 2.78. The zero-order valence-corrected chi connectivity index (χ0v) is 10.6. The van der Waals surface area contributed by atoms with Gasteiger partial charge in [-0.15, -0.1) is 0 Å². The van der Waals surface area contributed by atoms with E-state index in [1.807, 2.05) is 0 Å². The summed E-state index contributed by atoms with van der Waals surface area (Å²) in [5, 5.41) is 8.68. The number of hydrogen-bond donors (Lipinski definition) is 2. The summed E-state index contributed by atoms with van der Waals surface area (Å²) < 4.78 is 0. The summed E-state index contributed by atoms with van der Waals surface area (Å²) in [6.45, 7) is 11.0. The second-order valence-corrected chi connectivity index (χ2v) is 5.02. The molecule has 15 heavy (non-hydrogen) atoms. The van der Waals surface area contributed by atoms with Crippen LogP contribution >= 0.6 is 0 Å². The number of aliphatic hydroxyl groups excluding tert-OH is 1. The smallest absolute Gasteiger partial charge is 0.0431 e. The van der Waals surface area contributed by atoms with Crippen LogP contribution in [0.3, 0.4) is 0 Å². The van der Waals surface area contributed by atoms with Crippen molar-refractivity contribution in [2.24, 2.45) is 11.1 Å². The fourth-order valence-corrected chi connectivity index (χ4v) is 1.64. The predicted octanol–water partition coefficient (Wildman–Crippen LogP) is 1.46. The Bertz CT molecular complexity index is 149. The molecule has 0 rings (SSSR count). The number of hydrogen-bond acceptors (Lipinski definition) is 3. The Morgan fingerprint density at radius 2 is 1.87 bits per heavy atom. The van der Waals surface area contributed by atoms with Crippen molar-refractivity contribution < 1.29 is 5.11 Å². The van der Waals surface area contributed by atoms with Crippen molar-refractivity contribution in [3.63, 3.8) is 0 Å². The second kappa shape index (κ2) is 8.08. The monoisotopic (exact) mass is 216 g/mol. The molecule has 0 aromatic carbocycles. The van der Waals surface area contributed by atoms with Gasteiger partial charge in [-0.2, -0.15) is 0 Å². The van der Waals surface area contributed by atoms with Gasteiger partial charge in [0, 0.05) is 13.2 Å². The first-order chi connectivity index (χ1) is 7.05. The van der Waals surface area contributed by atoms with Crippen LogP contribution in [0.2, 0.25) is 0 Å². The lowest BCUT2D eigenvalue weighted by molar-refractivity contribution is 0.185. The molecule has 0 aromatic rings. The number of nitrogens with two attached hydrogens (primary N) is 1. The van der Waals surface area contributed by atoms with Crippen molar-refractivity contribution in [3.05, 3.63) is 0 Å². The Balaban J connectivity index is 3.72. The molecule has 0 saturated heterocycles. The van der Waals surface area contributed by atoms with Crippen molar-refractivity contribution >= 4 is 0 Å². The van der Waals surface area contributed by atoms with E-state index in [-0.39, 0.29) is 5.41 Å². The molecule has 3 nitrogen and oxygen atoms in total. The summed E-state index contributed by atoms with van der Waals surface area (Å²) in [7, 11) is 0. The van der Waals surface area contributed by atoms with Gasteiger partial charge >= 0.3 is 0 Å². The lowest BCUT2D eigenvalue weighted by Crippen LogP contribution is -2.39. The van der Waals surface area contributed by atoms with Crippen LogP contribution in [0.5, 0.6) is 0 Å². The summed E-state index contributed by atoms with van der Waals surface area (Å²) in [5.41, 5.74) is 5.94. The van der Waals surface area contributed by atoms with Gasteiger partial charge in [0.15, 0.2) is 0 Å². The predicted molar refractivity (Wildman–Crippen MR) is 65.9 cm³/mol. The summed E-state index contributed by atoms with van der Waals surface area (Å²) in [4.78, 5) is 2.45. The molecule has 0 aromatic heterocycles. The van der Waals surface area contributed by atoms with Crippen molar-refractivity contribution in [2.45, 2.75) is 40.0 Å². The van der Waals surface area contributed by atoms with Crippen molar-refractivity contribution in [3.8, 4) is 0 Å². The van der Waals surface area contributed by atoms with Crippen LogP contribution in [0.15, 0.2) is 0 Å². The molecule has 0 bridgehead atoms. The molecule has 0 radical (unpaired) electrons. The summed E-state index contributed by atoms with van der Waals surface area (Å²) in [5.74, 6) is 0. The highest BCUT2D eigenvalue weighted by atomic mass is 16.2. The van der Waals surface area contributed by atoms with Gasteiger partial charge in [-0.3, -0.25) is 0 Å². The summed E-state index contributed by atoms with van der Waals surface area (Å²) in [6.07, 6.45) is 3.23. The van der Waals surface area contributed by atoms with Crippen LogP contribution in [0, 0.1) is 5.41 Å². The lowest BCUT2D eigenvalue weighted by Gasteiger charge is -2.31. The first kappa shape index (κ1) is 14.9. The molecule has 0 aliphatic heterocycles. The summed E-state index contributed by atoms with van der Waals surface area (Å²) in [6, 6.07) is 0.